The maximum atomic E-state index is 11.9. The van der Waals surface area contributed by atoms with Crippen molar-refractivity contribution in [1.29, 1.82) is 0 Å². The van der Waals surface area contributed by atoms with E-state index in [0.717, 1.165) is 25.7 Å². The van der Waals surface area contributed by atoms with Crippen molar-refractivity contribution in [3.63, 3.8) is 0 Å². The molecule has 1 N–H and O–H groups in total. The van der Waals surface area contributed by atoms with Gasteiger partial charge in [0.2, 0.25) is 5.91 Å². The van der Waals surface area contributed by atoms with Gasteiger partial charge in [-0.1, -0.05) is 0 Å². The SMILES string of the molecule is COCCCCC(=O)N1CCCC[C@@H]1C(=O)O. The van der Waals surface area contributed by atoms with Crippen LogP contribution in [0.3, 0.4) is 0 Å². The number of nitrogens with zero attached hydrogens (tertiary/aromatic N) is 1. The van der Waals surface area contributed by atoms with Gasteiger partial charge in [-0.05, 0) is 32.1 Å². The summed E-state index contributed by atoms with van der Waals surface area (Å²) in [5, 5.41) is 9.05. The fourth-order valence-electron chi connectivity index (χ4n) is 2.15. The quantitative estimate of drug-likeness (QED) is 0.713. The molecule has 0 aromatic heterocycles. The van der Waals surface area contributed by atoms with Crippen molar-refractivity contribution in [3.8, 4) is 0 Å². The summed E-state index contributed by atoms with van der Waals surface area (Å²) in [5.74, 6) is -0.914. The lowest BCUT2D eigenvalue weighted by atomic mass is 10.0. The molecule has 1 atom stereocenters. The van der Waals surface area contributed by atoms with Crippen molar-refractivity contribution in [1.82, 2.24) is 4.90 Å². The molecule has 1 saturated heterocycles. The van der Waals surface area contributed by atoms with E-state index in [2.05, 4.69) is 0 Å². The molecule has 1 aliphatic rings. The fourth-order valence-corrected chi connectivity index (χ4v) is 2.15. The van der Waals surface area contributed by atoms with E-state index < -0.39 is 12.0 Å². The number of amides is 1. The Labute approximate surface area is 102 Å². The molecule has 0 aliphatic carbocycles. The summed E-state index contributed by atoms with van der Waals surface area (Å²) in [5.41, 5.74) is 0. The van der Waals surface area contributed by atoms with Gasteiger partial charge in [-0.3, -0.25) is 4.79 Å². The van der Waals surface area contributed by atoms with Crippen LogP contribution in [-0.2, 0) is 14.3 Å². The number of rotatable bonds is 6. The Morgan fingerprint density at radius 2 is 2.12 bits per heavy atom. The lowest BCUT2D eigenvalue weighted by Gasteiger charge is -2.33. The third kappa shape index (κ3) is 4.34. The van der Waals surface area contributed by atoms with Crippen molar-refractivity contribution in [3.05, 3.63) is 0 Å². The summed E-state index contributed by atoms with van der Waals surface area (Å²) in [4.78, 5) is 24.5. The van der Waals surface area contributed by atoms with Crippen LogP contribution < -0.4 is 0 Å². The number of hydrogen-bond donors (Lipinski definition) is 1. The first-order valence-corrected chi connectivity index (χ1v) is 6.18. The molecular weight excluding hydrogens is 222 g/mol. The number of hydrogen-bond acceptors (Lipinski definition) is 3. The highest BCUT2D eigenvalue weighted by molar-refractivity contribution is 5.83. The minimum Gasteiger partial charge on any atom is -0.480 e. The molecule has 1 fully saturated rings. The van der Waals surface area contributed by atoms with Gasteiger partial charge in [-0.25, -0.2) is 4.79 Å². The third-order valence-electron chi connectivity index (χ3n) is 3.10. The van der Waals surface area contributed by atoms with Gasteiger partial charge in [-0.15, -0.1) is 0 Å². The lowest BCUT2D eigenvalue weighted by molar-refractivity contribution is -0.152. The topological polar surface area (TPSA) is 66.8 Å². The molecular formula is C12H21NO4. The van der Waals surface area contributed by atoms with E-state index in [1.807, 2.05) is 0 Å². The normalized spacial score (nSPS) is 20.3. The average molecular weight is 243 g/mol. The smallest absolute Gasteiger partial charge is 0.326 e. The fraction of sp³-hybridized carbons (Fsp3) is 0.833. The molecule has 1 aliphatic heterocycles. The van der Waals surface area contributed by atoms with Crippen LogP contribution in [0.4, 0.5) is 0 Å². The standard InChI is InChI=1S/C12H21NO4/c1-17-9-5-3-7-11(14)13-8-4-2-6-10(13)12(15)16/h10H,2-9H2,1H3,(H,15,16)/t10-/m1/s1. The highest BCUT2D eigenvalue weighted by atomic mass is 16.5. The monoisotopic (exact) mass is 243 g/mol. The zero-order valence-corrected chi connectivity index (χ0v) is 10.4. The van der Waals surface area contributed by atoms with E-state index in [4.69, 9.17) is 9.84 Å². The van der Waals surface area contributed by atoms with Crippen LogP contribution in [0.2, 0.25) is 0 Å². The van der Waals surface area contributed by atoms with Crippen LogP contribution >= 0.6 is 0 Å². The Hall–Kier alpha value is -1.10. The van der Waals surface area contributed by atoms with Crippen LogP contribution in [0.5, 0.6) is 0 Å². The van der Waals surface area contributed by atoms with Gasteiger partial charge >= 0.3 is 5.97 Å². The molecule has 5 nitrogen and oxygen atoms in total. The Morgan fingerprint density at radius 3 is 2.76 bits per heavy atom. The summed E-state index contributed by atoms with van der Waals surface area (Å²) in [7, 11) is 1.63. The second-order valence-electron chi connectivity index (χ2n) is 4.39. The number of ether oxygens (including phenoxy) is 1. The van der Waals surface area contributed by atoms with Crippen molar-refractivity contribution in [2.45, 2.75) is 44.6 Å². The number of carboxylic acid groups (broad SMARTS) is 1. The van der Waals surface area contributed by atoms with E-state index in [1.165, 1.54) is 4.90 Å². The average Bonchev–Trinajstić information content (AvgIpc) is 2.34. The Morgan fingerprint density at radius 1 is 1.35 bits per heavy atom. The molecule has 0 aromatic carbocycles. The zero-order valence-electron chi connectivity index (χ0n) is 10.4. The summed E-state index contributed by atoms with van der Waals surface area (Å²) in [6.07, 6.45) is 4.41. The van der Waals surface area contributed by atoms with E-state index in [-0.39, 0.29) is 5.91 Å². The minimum absolute atomic E-state index is 0.0341. The molecule has 0 radical (unpaired) electrons. The number of likely N-dealkylation sites (tertiary alicyclic amines) is 1. The number of methoxy groups -OCH3 is 1. The number of aliphatic carboxylic acids is 1. The molecule has 17 heavy (non-hydrogen) atoms. The van der Waals surface area contributed by atoms with Gasteiger partial charge in [0.05, 0.1) is 0 Å². The molecule has 1 heterocycles. The van der Waals surface area contributed by atoms with Crippen LogP contribution in [-0.4, -0.2) is 48.2 Å². The van der Waals surface area contributed by atoms with Gasteiger partial charge in [0.15, 0.2) is 0 Å². The van der Waals surface area contributed by atoms with Crippen LogP contribution in [0.1, 0.15) is 38.5 Å². The summed E-state index contributed by atoms with van der Waals surface area (Å²) >= 11 is 0. The molecule has 98 valence electrons. The number of carboxylic acids is 1. The maximum absolute atomic E-state index is 11.9. The van der Waals surface area contributed by atoms with Crippen LogP contribution in [0, 0.1) is 0 Å². The Bertz CT molecular complexity index is 267. The number of carbonyl (C=O) groups is 2. The summed E-state index contributed by atoms with van der Waals surface area (Å²) in [6.45, 7) is 1.23. The lowest BCUT2D eigenvalue weighted by Crippen LogP contribution is -2.47. The van der Waals surface area contributed by atoms with E-state index in [0.29, 0.717) is 26.0 Å². The second kappa shape index (κ2) is 7.27. The third-order valence-corrected chi connectivity index (χ3v) is 3.10. The van der Waals surface area contributed by atoms with Gasteiger partial charge in [-0.2, -0.15) is 0 Å². The molecule has 0 aromatic rings. The molecule has 5 heteroatoms. The maximum Gasteiger partial charge on any atom is 0.326 e. The van der Waals surface area contributed by atoms with Crippen molar-refractivity contribution in [2.24, 2.45) is 0 Å². The van der Waals surface area contributed by atoms with Crippen molar-refractivity contribution >= 4 is 11.9 Å². The molecule has 1 rings (SSSR count). The summed E-state index contributed by atoms with van der Waals surface area (Å²) < 4.78 is 4.91. The van der Waals surface area contributed by atoms with E-state index in [9.17, 15) is 9.59 Å². The number of carbonyl (C=O) groups excluding carboxylic acids is 1. The van der Waals surface area contributed by atoms with Crippen molar-refractivity contribution < 1.29 is 19.4 Å². The molecule has 0 saturated carbocycles. The number of piperidine rings is 1. The predicted octanol–water partition coefficient (Wildman–Crippen LogP) is 1.27. The van der Waals surface area contributed by atoms with Crippen molar-refractivity contribution in [2.75, 3.05) is 20.3 Å². The molecule has 0 unspecified atom stereocenters. The van der Waals surface area contributed by atoms with Gasteiger partial charge < -0.3 is 14.7 Å². The first-order chi connectivity index (χ1) is 8.16. The van der Waals surface area contributed by atoms with E-state index >= 15 is 0 Å². The van der Waals surface area contributed by atoms with Crippen LogP contribution in [0.15, 0.2) is 0 Å². The predicted molar refractivity (Wildman–Crippen MR) is 62.7 cm³/mol. The number of unbranched alkanes of at least 4 members (excludes halogenated alkanes) is 1. The first kappa shape index (κ1) is 14.0. The van der Waals surface area contributed by atoms with E-state index in [1.54, 1.807) is 7.11 Å². The summed E-state index contributed by atoms with van der Waals surface area (Å²) in [6, 6.07) is -0.612. The highest BCUT2D eigenvalue weighted by Crippen LogP contribution is 2.18. The Kier molecular flexibility index (Phi) is 5.97. The Balaban J connectivity index is 2.39. The van der Waals surface area contributed by atoms with Gasteiger partial charge in [0.25, 0.3) is 0 Å². The van der Waals surface area contributed by atoms with Gasteiger partial charge in [0.1, 0.15) is 6.04 Å². The first-order valence-electron chi connectivity index (χ1n) is 6.18. The minimum atomic E-state index is -0.880. The van der Waals surface area contributed by atoms with Crippen LogP contribution in [0.25, 0.3) is 0 Å². The highest BCUT2D eigenvalue weighted by Gasteiger charge is 2.31. The largest absolute Gasteiger partial charge is 0.480 e. The van der Waals surface area contributed by atoms with Gasteiger partial charge in [0, 0.05) is 26.7 Å². The molecule has 0 bridgehead atoms. The molecule has 0 spiro atoms. The second-order valence-corrected chi connectivity index (χ2v) is 4.39. The molecule has 1 amide bonds. The zero-order chi connectivity index (χ0) is 12.7.